The van der Waals surface area contributed by atoms with Crippen LogP contribution in [-0.2, 0) is 15.6 Å². The van der Waals surface area contributed by atoms with E-state index in [-0.39, 0.29) is 5.91 Å². The van der Waals surface area contributed by atoms with Gasteiger partial charge in [0.05, 0.1) is 10.8 Å². The molecule has 3 rings (SSSR count). The topological polar surface area (TPSA) is 72.0 Å². The van der Waals surface area contributed by atoms with E-state index in [1.54, 1.807) is 18.5 Å². The fourth-order valence-electron chi connectivity index (χ4n) is 2.93. The van der Waals surface area contributed by atoms with Crippen molar-refractivity contribution in [1.82, 2.24) is 9.97 Å². The quantitative estimate of drug-likeness (QED) is 0.778. The van der Waals surface area contributed by atoms with Gasteiger partial charge in [-0.05, 0) is 30.9 Å². The molecule has 5 nitrogen and oxygen atoms in total. The highest BCUT2D eigenvalue weighted by Gasteiger charge is 2.19. The minimum atomic E-state index is -1.09. The highest BCUT2D eigenvalue weighted by Crippen LogP contribution is 2.30. The Morgan fingerprint density at radius 2 is 2.16 bits per heavy atom. The number of nitrogens with zero attached hydrogens (tertiary/aromatic N) is 2. The number of nitrogens with one attached hydrogen (secondary N) is 1. The van der Waals surface area contributed by atoms with Crippen LogP contribution in [0, 0.1) is 5.92 Å². The summed E-state index contributed by atoms with van der Waals surface area (Å²) >= 11 is 1.39. The second-order valence-corrected chi connectivity index (χ2v) is 8.52. The van der Waals surface area contributed by atoms with Gasteiger partial charge in [0.25, 0.3) is 5.91 Å². The molecule has 0 aromatic carbocycles. The Kier molecular flexibility index (Phi) is 6.09. The number of allylic oxidation sites excluding steroid dienone is 1. The molecule has 0 spiro atoms. The molecule has 1 aliphatic carbocycles. The molecule has 2 heterocycles. The van der Waals surface area contributed by atoms with Crippen molar-refractivity contribution < 1.29 is 9.00 Å². The maximum absolute atomic E-state index is 12.8. The first-order valence-electron chi connectivity index (χ1n) is 8.45. The van der Waals surface area contributed by atoms with Crippen LogP contribution < -0.4 is 5.32 Å². The number of thiazole rings is 1. The molecule has 1 aliphatic rings. The number of pyridine rings is 1. The largest absolute Gasteiger partial charge is 0.298 e. The Morgan fingerprint density at radius 3 is 2.76 bits per heavy atom. The van der Waals surface area contributed by atoms with Crippen molar-refractivity contribution in [3.8, 4) is 0 Å². The molecule has 1 fully saturated rings. The van der Waals surface area contributed by atoms with Crippen molar-refractivity contribution >= 4 is 38.7 Å². The SMILES string of the molecule is CCS(=O)c1ccc(/C(=C\C2CCCC2)C(=O)Nc2nccs2)cn1. The van der Waals surface area contributed by atoms with Crippen LogP contribution in [0.1, 0.15) is 38.2 Å². The van der Waals surface area contributed by atoms with Crippen molar-refractivity contribution in [3.05, 3.63) is 41.5 Å². The maximum Gasteiger partial charge on any atom is 0.257 e. The predicted molar refractivity (Wildman–Crippen MR) is 102 cm³/mol. The number of carbonyl (C=O) groups excluding carboxylic acids is 1. The van der Waals surface area contributed by atoms with Gasteiger partial charge in [-0.1, -0.05) is 25.8 Å². The Hall–Kier alpha value is -1.86. The number of anilines is 1. The highest BCUT2D eigenvalue weighted by atomic mass is 32.2. The number of hydrogen-bond donors (Lipinski definition) is 1. The molecule has 2 aromatic rings. The van der Waals surface area contributed by atoms with Gasteiger partial charge in [0, 0.05) is 34.7 Å². The summed E-state index contributed by atoms with van der Waals surface area (Å²) in [6.07, 6.45) is 9.99. The van der Waals surface area contributed by atoms with Gasteiger partial charge < -0.3 is 0 Å². The van der Waals surface area contributed by atoms with E-state index in [4.69, 9.17) is 0 Å². The van der Waals surface area contributed by atoms with Crippen LogP contribution >= 0.6 is 11.3 Å². The molecule has 0 saturated heterocycles. The minimum Gasteiger partial charge on any atom is -0.298 e. The summed E-state index contributed by atoms with van der Waals surface area (Å²) in [6.45, 7) is 1.86. The van der Waals surface area contributed by atoms with E-state index in [0.29, 0.717) is 27.4 Å². The zero-order valence-electron chi connectivity index (χ0n) is 14.1. The molecule has 25 heavy (non-hydrogen) atoms. The molecule has 0 aliphatic heterocycles. The van der Waals surface area contributed by atoms with Gasteiger partial charge in [-0.2, -0.15) is 0 Å². The van der Waals surface area contributed by atoms with Crippen LogP contribution in [0.2, 0.25) is 0 Å². The predicted octanol–water partition coefficient (Wildman–Crippen LogP) is 3.88. The molecule has 1 N–H and O–H groups in total. The van der Waals surface area contributed by atoms with Crippen LogP contribution in [-0.4, -0.2) is 25.8 Å². The third-order valence-corrected chi connectivity index (χ3v) is 6.16. The van der Waals surface area contributed by atoms with E-state index in [9.17, 15) is 9.00 Å². The lowest BCUT2D eigenvalue weighted by atomic mass is 9.99. The summed E-state index contributed by atoms with van der Waals surface area (Å²) in [4.78, 5) is 21.2. The minimum absolute atomic E-state index is 0.173. The molecule has 2 aromatic heterocycles. The van der Waals surface area contributed by atoms with Crippen LogP contribution in [0.3, 0.4) is 0 Å². The lowest BCUT2D eigenvalue weighted by Gasteiger charge is -2.11. The van der Waals surface area contributed by atoms with Gasteiger partial charge in [-0.3, -0.25) is 14.3 Å². The first-order valence-corrected chi connectivity index (χ1v) is 10.6. The molecule has 0 radical (unpaired) electrons. The monoisotopic (exact) mass is 375 g/mol. The average molecular weight is 376 g/mol. The molecular formula is C18H21N3O2S2. The molecule has 7 heteroatoms. The number of aromatic nitrogens is 2. The van der Waals surface area contributed by atoms with Crippen molar-refractivity contribution in [2.24, 2.45) is 5.92 Å². The lowest BCUT2D eigenvalue weighted by Crippen LogP contribution is -2.15. The summed E-state index contributed by atoms with van der Waals surface area (Å²) < 4.78 is 11.9. The summed E-state index contributed by atoms with van der Waals surface area (Å²) in [5.41, 5.74) is 1.36. The Labute approximate surface area is 154 Å². The smallest absolute Gasteiger partial charge is 0.257 e. The van der Waals surface area contributed by atoms with Crippen LogP contribution in [0.25, 0.3) is 5.57 Å². The van der Waals surface area contributed by atoms with E-state index in [1.165, 1.54) is 24.2 Å². The van der Waals surface area contributed by atoms with Crippen LogP contribution in [0.4, 0.5) is 5.13 Å². The summed E-state index contributed by atoms with van der Waals surface area (Å²) in [6, 6.07) is 3.58. The number of amides is 1. The van der Waals surface area contributed by atoms with Crippen LogP contribution in [0.5, 0.6) is 0 Å². The van der Waals surface area contributed by atoms with Gasteiger partial charge in [-0.15, -0.1) is 11.3 Å². The number of hydrogen-bond acceptors (Lipinski definition) is 5. The summed E-state index contributed by atoms with van der Waals surface area (Å²) in [5.74, 6) is 0.774. The first-order chi connectivity index (χ1) is 12.2. The zero-order chi connectivity index (χ0) is 17.6. The van der Waals surface area contributed by atoms with Gasteiger partial charge in [0.15, 0.2) is 5.13 Å². The molecule has 0 bridgehead atoms. The lowest BCUT2D eigenvalue weighted by molar-refractivity contribution is -0.111. The van der Waals surface area contributed by atoms with Gasteiger partial charge in [0.1, 0.15) is 5.03 Å². The zero-order valence-corrected chi connectivity index (χ0v) is 15.7. The van der Waals surface area contributed by atoms with E-state index >= 15 is 0 Å². The fourth-order valence-corrected chi connectivity index (χ4v) is 4.14. The number of rotatable bonds is 6. The molecule has 1 atom stereocenters. The molecule has 1 unspecified atom stereocenters. The average Bonchev–Trinajstić information content (AvgIpc) is 3.33. The van der Waals surface area contributed by atoms with Gasteiger partial charge in [0.2, 0.25) is 0 Å². The number of carbonyl (C=O) groups is 1. The first kappa shape index (κ1) is 17.9. The molecule has 1 saturated carbocycles. The van der Waals surface area contributed by atoms with E-state index in [2.05, 4.69) is 21.4 Å². The normalized spacial score (nSPS) is 16.8. The van der Waals surface area contributed by atoms with Crippen molar-refractivity contribution in [2.45, 2.75) is 37.6 Å². The Balaban J connectivity index is 1.87. The second kappa shape index (κ2) is 8.49. The van der Waals surface area contributed by atoms with E-state index in [0.717, 1.165) is 18.4 Å². The molecule has 132 valence electrons. The maximum atomic E-state index is 12.8. The highest BCUT2D eigenvalue weighted by molar-refractivity contribution is 7.84. The third-order valence-electron chi connectivity index (χ3n) is 4.24. The standard InChI is InChI=1S/C18H21N3O2S2/c1-2-25(23)16-8-7-14(12-20-16)15(11-13-5-3-4-6-13)17(22)21-18-19-9-10-24-18/h7-13H,2-6H2,1H3,(H,19,21,22)/b15-11+. The molecule has 1 amide bonds. The summed E-state index contributed by atoms with van der Waals surface area (Å²) in [7, 11) is -1.09. The molecular weight excluding hydrogens is 354 g/mol. The van der Waals surface area contributed by atoms with E-state index in [1.807, 2.05) is 18.4 Å². The Bertz CT molecular complexity index is 764. The van der Waals surface area contributed by atoms with Gasteiger partial charge in [-0.25, -0.2) is 9.97 Å². The van der Waals surface area contributed by atoms with Crippen molar-refractivity contribution in [1.29, 1.82) is 0 Å². The van der Waals surface area contributed by atoms with Gasteiger partial charge >= 0.3 is 0 Å². The summed E-state index contributed by atoms with van der Waals surface area (Å²) in [5, 5.41) is 5.81. The second-order valence-electron chi connectivity index (χ2n) is 5.94. The van der Waals surface area contributed by atoms with Crippen molar-refractivity contribution in [3.63, 3.8) is 0 Å². The fraction of sp³-hybridized carbons (Fsp3) is 0.389. The van der Waals surface area contributed by atoms with Crippen molar-refractivity contribution in [2.75, 3.05) is 11.1 Å². The van der Waals surface area contributed by atoms with Crippen LogP contribution in [0.15, 0.2) is 41.0 Å². The third kappa shape index (κ3) is 4.61. The van der Waals surface area contributed by atoms with E-state index < -0.39 is 10.8 Å². The Morgan fingerprint density at radius 1 is 1.36 bits per heavy atom.